The molecule has 0 heterocycles. The van der Waals surface area contributed by atoms with Crippen molar-refractivity contribution in [1.29, 1.82) is 0 Å². The van der Waals surface area contributed by atoms with Crippen LogP contribution in [0.3, 0.4) is 0 Å². The molecule has 0 radical (unpaired) electrons. The highest BCUT2D eigenvalue weighted by Crippen LogP contribution is 2.41. The van der Waals surface area contributed by atoms with Crippen LogP contribution in [0.1, 0.15) is 25.7 Å². The number of hydrogen-bond donors (Lipinski definition) is 2. The molecule has 1 aliphatic rings. The van der Waals surface area contributed by atoms with Crippen LogP contribution >= 0.6 is 51.3 Å². The largest absolute Gasteiger partial charge is 0.392 e. The number of nitrogens with two attached hydrogens (primary N) is 1. The Morgan fingerprint density at radius 1 is 1.30 bits per heavy atom. The summed E-state index contributed by atoms with van der Waals surface area (Å²) in [6, 6.07) is 3.42. The van der Waals surface area contributed by atoms with Gasteiger partial charge in [-0.15, -0.1) is 0 Å². The monoisotopic (exact) mass is 394 g/mol. The first kappa shape index (κ1) is 16.0. The second kappa shape index (κ2) is 6.18. The Balaban J connectivity index is 2.28. The Morgan fingerprint density at radius 3 is 2.45 bits per heavy atom. The molecule has 1 amide bonds. The number of anilines is 1. The molecule has 1 fully saturated rings. The summed E-state index contributed by atoms with van der Waals surface area (Å²) in [5, 5.41) is 3.46. The maximum absolute atomic E-state index is 12.5. The van der Waals surface area contributed by atoms with Crippen LogP contribution in [0.2, 0.25) is 10.0 Å². The van der Waals surface area contributed by atoms with Crippen LogP contribution in [0.25, 0.3) is 0 Å². The molecule has 3 N–H and O–H groups in total. The van der Waals surface area contributed by atoms with Crippen LogP contribution in [-0.4, -0.2) is 10.9 Å². The molecule has 3 nitrogen and oxygen atoms in total. The lowest BCUT2D eigenvalue weighted by Crippen LogP contribution is -2.44. The van der Waals surface area contributed by atoms with Gasteiger partial charge in [-0.2, -0.15) is 0 Å². The van der Waals surface area contributed by atoms with Gasteiger partial charge in [0.2, 0.25) is 5.91 Å². The molecular weight excluding hydrogens is 383 g/mol. The highest BCUT2D eigenvalue weighted by molar-refractivity contribution is 9.10. The second-order valence-corrected chi connectivity index (χ2v) is 6.88. The molecule has 1 aromatic carbocycles. The van der Waals surface area contributed by atoms with E-state index >= 15 is 0 Å². The van der Waals surface area contributed by atoms with E-state index in [-0.39, 0.29) is 10.9 Å². The van der Waals surface area contributed by atoms with E-state index in [9.17, 15) is 4.79 Å². The van der Waals surface area contributed by atoms with E-state index in [2.05, 4.69) is 21.2 Å². The first-order valence-electron chi connectivity index (χ1n) is 6.13. The molecule has 1 aliphatic carbocycles. The van der Waals surface area contributed by atoms with Crippen molar-refractivity contribution >= 4 is 67.9 Å². The molecule has 2 rings (SSSR count). The fourth-order valence-electron chi connectivity index (χ4n) is 2.43. The molecule has 0 saturated heterocycles. The van der Waals surface area contributed by atoms with Gasteiger partial charge in [0, 0.05) is 4.47 Å². The Labute approximate surface area is 141 Å². The third-order valence-electron chi connectivity index (χ3n) is 3.65. The van der Waals surface area contributed by atoms with Gasteiger partial charge in [-0.1, -0.05) is 48.3 Å². The fourth-order valence-corrected chi connectivity index (χ4v) is 3.55. The number of amides is 1. The molecule has 0 aromatic heterocycles. The van der Waals surface area contributed by atoms with Gasteiger partial charge in [0.25, 0.3) is 0 Å². The average molecular weight is 396 g/mol. The maximum Gasteiger partial charge on any atom is 0.237 e. The summed E-state index contributed by atoms with van der Waals surface area (Å²) in [4.78, 5) is 12.8. The molecule has 0 atom stereocenters. The Bertz CT molecular complexity index is 574. The third-order valence-corrected chi connectivity index (χ3v) is 5.81. The van der Waals surface area contributed by atoms with E-state index < -0.39 is 5.41 Å². The first-order chi connectivity index (χ1) is 9.38. The first-order valence-corrected chi connectivity index (χ1v) is 8.09. The van der Waals surface area contributed by atoms with Gasteiger partial charge in [0.15, 0.2) is 0 Å². The minimum Gasteiger partial charge on any atom is -0.392 e. The summed E-state index contributed by atoms with van der Waals surface area (Å²) >= 11 is 20.5. The van der Waals surface area contributed by atoms with E-state index in [1.165, 1.54) is 0 Å². The third kappa shape index (κ3) is 2.82. The van der Waals surface area contributed by atoms with Gasteiger partial charge >= 0.3 is 0 Å². The molecule has 0 spiro atoms. The van der Waals surface area contributed by atoms with Crippen molar-refractivity contribution in [3.63, 3.8) is 0 Å². The van der Waals surface area contributed by atoms with E-state index in [1.807, 2.05) is 0 Å². The normalized spacial score (nSPS) is 16.9. The van der Waals surface area contributed by atoms with Gasteiger partial charge in [0.05, 0.1) is 26.1 Å². The number of halogens is 3. The summed E-state index contributed by atoms with van der Waals surface area (Å²) in [6.45, 7) is 0. The summed E-state index contributed by atoms with van der Waals surface area (Å²) in [5.74, 6) is -0.206. The molecule has 0 bridgehead atoms. The number of carbonyl (C=O) groups is 1. The van der Waals surface area contributed by atoms with Crippen LogP contribution < -0.4 is 11.1 Å². The van der Waals surface area contributed by atoms with E-state index in [4.69, 9.17) is 41.2 Å². The summed E-state index contributed by atoms with van der Waals surface area (Å²) in [5.41, 5.74) is 5.48. The van der Waals surface area contributed by atoms with Gasteiger partial charge in [-0.05, 0) is 40.9 Å². The van der Waals surface area contributed by atoms with Crippen LogP contribution in [0.4, 0.5) is 5.69 Å². The lowest BCUT2D eigenvalue weighted by molar-refractivity contribution is -0.122. The SMILES string of the molecule is NC(=S)C1(C(=O)Nc2ccc(Br)c(Cl)c2Cl)CCCC1. The lowest BCUT2D eigenvalue weighted by atomic mass is 9.85. The van der Waals surface area contributed by atoms with Crippen molar-refractivity contribution in [2.45, 2.75) is 25.7 Å². The predicted octanol–water partition coefficient (Wildman–Crippen LogP) is 4.54. The molecule has 1 saturated carbocycles. The Morgan fingerprint density at radius 2 is 1.90 bits per heavy atom. The van der Waals surface area contributed by atoms with Crippen molar-refractivity contribution < 1.29 is 4.79 Å². The summed E-state index contributed by atoms with van der Waals surface area (Å²) < 4.78 is 0.673. The Kier molecular flexibility index (Phi) is 4.95. The molecule has 108 valence electrons. The van der Waals surface area contributed by atoms with Crippen molar-refractivity contribution in [2.75, 3.05) is 5.32 Å². The zero-order valence-electron chi connectivity index (χ0n) is 10.5. The van der Waals surface area contributed by atoms with Gasteiger partial charge in [0.1, 0.15) is 0 Å². The topological polar surface area (TPSA) is 55.1 Å². The smallest absolute Gasteiger partial charge is 0.237 e. The molecule has 7 heteroatoms. The number of nitrogens with one attached hydrogen (secondary N) is 1. The maximum atomic E-state index is 12.5. The van der Waals surface area contributed by atoms with Gasteiger partial charge in [-0.3, -0.25) is 4.79 Å². The molecule has 1 aromatic rings. The standard InChI is InChI=1S/C13H13BrCl2N2OS/c14-7-3-4-8(10(16)9(7)15)18-12(19)13(11(17)20)5-1-2-6-13/h3-4H,1-2,5-6H2,(H2,17,20)(H,18,19). The summed E-state index contributed by atoms with van der Waals surface area (Å²) in [7, 11) is 0. The van der Waals surface area contributed by atoms with Crippen molar-refractivity contribution in [1.82, 2.24) is 0 Å². The van der Waals surface area contributed by atoms with Gasteiger partial charge in [-0.25, -0.2) is 0 Å². The van der Waals surface area contributed by atoms with E-state index in [0.717, 1.165) is 12.8 Å². The number of hydrogen-bond acceptors (Lipinski definition) is 2. The number of benzene rings is 1. The van der Waals surface area contributed by atoms with Crippen molar-refractivity contribution in [3.8, 4) is 0 Å². The fraction of sp³-hybridized carbons (Fsp3) is 0.385. The van der Waals surface area contributed by atoms with E-state index in [1.54, 1.807) is 12.1 Å². The number of carbonyl (C=O) groups excluding carboxylic acids is 1. The Hall–Kier alpha value is -0.360. The lowest BCUT2D eigenvalue weighted by Gasteiger charge is -2.26. The van der Waals surface area contributed by atoms with Crippen molar-refractivity contribution in [3.05, 3.63) is 26.7 Å². The highest BCUT2D eigenvalue weighted by Gasteiger charge is 2.44. The minimum atomic E-state index is -0.766. The number of thiocarbonyl (C=S) groups is 1. The van der Waals surface area contributed by atoms with Crippen LogP contribution in [0.15, 0.2) is 16.6 Å². The van der Waals surface area contributed by atoms with Gasteiger partial charge < -0.3 is 11.1 Å². The second-order valence-electron chi connectivity index (χ2n) is 4.83. The summed E-state index contributed by atoms with van der Waals surface area (Å²) in [6.07, 6.45) is 3.24. The number of rotatable bonds is 3. The van der Waals surface area contributed by atoms with Crippen molar-refractivity contribution in [2.24, 2.45) is 11.1 Å². The highest BCUT2D eigenvalue weighted by atomic mass is 79.9. The molecule has 0 aliphatic heterocycles. The van der Waals surface area contributed by atoms with Crippen LogP contribution in [0.5, 0.6) is 0 Å². The average Bonchev–Trinajstić information content (AvgIpc) is 2.90. The van der Waals surface area contributed by atoms with Crippen LogP contribution in [-0.2, 0) is 4.79 Å². The predicted molar refractivity (Wildman–Crippen MR) is 90.5 cm³/mol. The zero-order chi connectivity index (χ0) is 14.9. The van der Waals surface area contributed by atoms with E-state index in [0.29, 0.717) is 33.0 Å². The molecule has 20 heavy (non-hydrogen) atoms. The quantitative estimate of drug-likeness (QED) is 0.583. The molecule has 0 unspecified atom stereocenters. The zero-order valence-corrected chi connectivity index (χ0v) is 14.4. The minimum absolute atomic E-state index is 0.206. The van der Waals surface area contributed by atoms with Crippen LogP contribution in [0, 0.1) is 5.41 Å². The molecular formula is C13H13BrCl2N2OS.